The third-order valence-corrected chi connectivity index (χ3v) is 10.8. The van der Waals surface area contributed by atoms with Gasteiger partial charge in [0.25, 0.3) is 0 Å². The number of nitrogens with zero attached hydrogens (tertiary/aromatic N) is 5. The summed E-state index contributed by atoms with van der Waals surface area (Å²) in [5.74, 6) is 1.04. The molecule has 4 aromatic rings. The zero-order valence-electron chi connectivity index (χ0n) is 38.5. The van der Waals surface area contributed by atoms with Gasteiger partial charge in [-0.2, -0.15) is 20.5 Å². The first-order chi connectivity index (χ1) is 30.7. The number of quaternary nitrogens is 1. The fraction of sp³-hybridized carbons (Fsp3) is 0.500. The lowest BCUT2D eigenvalue weighted by molar-refractivity contribution is -0.890. The van der Waals surface area contributed by atoms with Crippen molar-refractivity contribution in [3.8, 4) is 11.5 Å². The lowest BCUT2D eigenvalue weighted by Crippen LogP contribution is -2.41. The summed E-state index contributed by atoms with van der Waals surface area (Å²) in [7, 11) is 4.58. The standard InChI is InChI=1S/C52H72N5O6/c1-5-7-9-17-39-60-49-33-29-47(30-34-49)55-53-45-25-21-43(22-26-45)51(58)62-41-19-13-11-15-37-57(3,4)38-16-12-14-20-42-63-52(59)44-23-27-46(28-24-44)54-56-48-31-35-50(36-32-48)61-40-18-10-8-6-2/h21-36H,5-20,37-42H2,1-4H3/q+1. The minimum atomic E-state index is -0.318. The molecule has 11 nitrogen and oxygen atoms in total. The fourth-order valence-corrected chi connectivity index (χ4v) is 6.81. The first-order valence-electron chi connectivity index (χ1n) is 23.4. The van der Waals surface area contributed by atoms with Crippen molar-refractivity contribution in [3.05, 3.63) is 108 Å². The van der Waals surface area contributed by atoms with Gasteiger partial charge in [0.15, 0.2) is 0 Å². The first kappa shape index (κ1) is 50.2. The van der Waals surface area contributed by atoms with Crippen LogP contribution in [0.15, 0.2) is 118 Å². The Labute approximate surface area is 376 Å². The van der Waals surface area contributed by atoms with Crippen molar-refractivity contribution in [2.24, 2.45) is 20.5 Å². The number of carbonyl (C=O) groups is 2. The lowest BCUT2D eigenvalue weighted by Gasteiger charge is -2.30. The van der Waals surface area contributed by atoms with Gasteiger partial charge in [-0.1, -0.05) is 52.4 Å². The molecule has 0 saturated carbocycles. The number of hydrogen-bond donors (Lipinski definition) is 0. The van der Waals surface area contributed by atoms with Gasteiger partial charge in [-0.25, -0.2) is 9.59 Å². The van der Waals surface area contributed by atoms with Gasteiger partial charge in [-0.15, -0.1) is 0 Å². The number of ether oxygens (including phenoxy) is 4. The van der Waals surface area contributed by atoms with Crippen molar-refractivity contribution in [2.75, 3.05) is 53.6 Å². The lowest BCUT2D eigenvalue weighted by atomic mass is 10.1. The van der Waals surface area contributed by atoms with Crippen molar-refractivity contribution < 1.29 is 33.0 Å². The van der Waals surface area contributed by atoms with Crippen LogP contribution in [-0.4, -0.2) is 70.0 Å². The molecular weight excluding hydrogens is 791 g/mol. The number of azo groups is 2. The van der Waals surface area contributed by atoms with Gasteiger partial charge < -0.3 is 23.4 Å². The van der Waals surface area contributed by atoms with E-state index in [0.717, 1.165) is 118 Å². The summed E-state index contributed by atoms with van der Waals surface area (Å²) < 4.78 is 23.6. The number of unbranched alkanes of at least 4 members (excludes halogenated alkanes) is 12. The van der Waals surface area contributed by atoms with Crippen LogP contribution in [0.5, 0.6) is 11.5 Å². The highest BCUT2D eigenvalue weighted by molar-refractivity contribution is 5.90. The summed E-state index contributed by atoms with van der Waals surface area (Å²) >= 11 is 0. The molecule has 0 bridgehead atoms. The Morgan fingerprint density at radius 1 is 0.397 bits per heavy atom. The van der Waals surface area contributed by atoms with E-state index in [1.165, 1.54) is 38.5 Å². The van der Waals surface area contributed by atoms with E-state index in [4.69, 9.17) is 18.9 Å². The van der Waals surface area contributed by atoms with Gasteiger partial charge in [-0.3, -0.25) is 0 Å². The molecule has 0 spiro atoms. The number of hydrogen-bond acceptors (Lipinski definition) is 10. The van der Waals surface area contributed by atoms with Gasteiger partial charge in [-0.05, 0) is 161 Å². The van der Waals surface area contributed by atoms with Crippen LogP contribution in [0, 0.1) is 0 Å². The normalized spacial score (nSPS) is 11.6. The largest absolute Gasteiger partial charge is 0.494 e. The first-order valence-corrected chi connectivity index (χ1v) is 23.4. The van der Waals surface area contributed by atoms with E-state index >= 15 is 0 Å². The van der Waals surface area contributed by atoms with Crippen molar-refractivity contribution in [1.82, 2.24) is 0 Å². The molecule has 4 rings (SSSR count). The van der Waals surface area contributed by atoms with Crippen LogP contribution >= 0.6 is 0 Å². The molecular formula is C52H72N5O6+. The number of benzene rings is 4. The molecule has 0 fully saturated rings. The van der Waals surface area contributed by atoms with Crippen molar-refractivity contribution >= 4 is 34.7 Å². The molecule has 4 aromatic carbocycles. The van der Waals surface area contributed by atoms with Gasteiger partial charge in [0.1, 0.15) is 11.5 Å². The molecule has 0 saturated heterocycles. The van der Waals surface area contributed by atoms with Gasteiger partial charge >= 0.3 is 11.9 Å². The molecule has 0 aliphatic heterocycles. The highest BCUT2D eigenvalue weighted by Crippen LogP contribution is 2.24. The summed E-state index contributed by atoms with van der Waals surface area (Å²) in [4.78, 5) is 25.1. The summed E-state index contributed by atoms with van der Waals surface area (Å²) in [5, 5.41) is 17.2. The summed E-state index contributed by atoms with van der Waals surface area (Å²) in [6.45, 7) is 8.91. The molecule has 0 aliphatic carbocycles. The van der Waals surface area contributed by atoms with E-state index in [1.807, 2.05) is 48.5 Å². The Hall–Kier alpha value is -5.42. The minimum absolute atomic E-state index is 0.318. The number of esters is 2. The van der Waals surface area contributed by atoms with Crippen molar-refractivity contribution in [1.29, 1.82) is 0 Å². The van der Waals surface area contributed by atoms with Crippen LogP contribution in [0.4, 0.5) is 22.7 Å². The van der Waals surface area contributed by atoms with E-state index in [2.05, 4.69) is 48.4 Å². The predicted octanol–water partition coefficient (Wildman–Crippen LogP) is 14.6. The monoisotopic (exact) mass is 863 g/mol. The van der Waals surface area contributed by atoms with Crippen molar-refractivity contribution in [2.45, 2.75) is 117 Å². The molecule has 0 heterocycles. The summed E-state index contributed by atoms with van der Waals surface area (Å²) in [5.41, 5.74) is 3.82. The summed E-state index contributed by atoms with van der Waals surface area (Å²) in [6.07, 6.45) is 17.7. The summed E-state index contributed by atoms with van der Waals surface area (Å²) in [6, 6.07) is 29.2. The maximum Gasteiger partial charge on any atom is 0.338 e. The minimum Gasteiger partial charge on any atom is -0.494 e. The Kier molecular flexibility index (Phi) is 23.8. The zero-order valence-corrected chi connectivity index (χ0v) is 38.5. The molecule has 0 unspecified atom stereocenters. The Balaban J connectivity index is 0.979. The Morgan fingerprint density at radius 3 is 1.05 bits per heavy atom. The SMILES string of the molecule is CCCCCCOc1ccc(N=Nc2ccc(C(=O)OCCCCCC[N+](C)(C)CCCCCCOC(=O)c3ccc(N=Nc4ccc(OCCCCCC)cc4)cc3)cc2)cc1. The number of rotatable bonds is 32. The van der Waals surface area contributed by atoms with Crippen LogP contribution in [0.3, 0.4) is 0 Å². The van der Waals surface area contributed by atoms with E-state index in [9.17, 15) is 9.59 Å². The Bertz CT molecular complexity index is 1770. The second-order valence-electron chi connectivity index (χ2n) is 16.8. The molecule has 0 amide bonds. The van der Waals surface area contributed by atoms with Gasteiger partial charge in [0.2, 0.25) is 0 Å². The predicted molar refractivity (Wildman–Crippen MR) is 253 cm³/mol. The quantitative estimate of drug-likeness (QED) is 0.0209. The van der Waals surface area contributed by atoms with Crippen LogP contribution in [0.2, 0.25) is 0 Å². The van der Waals surface area contributed by atoms with E-state index in [-0.39, 0.29) is 11.9 Å². The van der Waals surface area contributed by atoms with E-state index < -0.39 is 0 Å². The molecule has 63 heavy (non-hydrogen) atoms. The zero-order chi connectivity index (χ0) is 44.8. The van der Waals surface area contributed by atoms with Crippen LogP contribution in [0.25, 0.3) is 0 Å². The average molecular weight is 863 g/mol. The maximum atomic E-state index is 12.6. The smallest absolute Gasteiger partial charge is 0.338 e. The highest BCUT2D eigenvalue weighted by atomic mass is 16.5. The molecule has 11 heteroatoms. The topological polar surface area (TPSA) is 121 Å². The third kappa shape index (κ3) is 21.5. The maximum absolute atomic E-state index is 12.6. The van der Waals surface area contributed by atoms with Crippen LogP contribution < -0.4 is 9.47 Å². The second-order valence-corrected chi connectivity index (χ2v) is 16.8. The molecule has 0 atom stereocenters. The van der Waals surface area contributed by atoms with Crippen LogP contribution in [-0.2, 0) is 9.47 Å². The van der Waals surface area contributed by atoms with E-state index in [0.29, 0.717) is 35.7 Å². The second kappa shape index (κ2) is 29.8. The van der Waals surface area contributed by atoms with Crippen LogP contribution in [0.1, 0.15) is 137 Å². The van der Waals surface area contributed by atoms with Gasteiger partial charge in [0.05, 0.1) is 87.5 Å². The molecule has 0 radical (unpaired) electrons. The average Bonchev–Trinajstić information content (AvgIpc) is 3.30. The van der Waals surface area contributed by atoms with E-state index in [1.54, 1.807) is 48.5 Å². The molecule has 0 N–H and O–H groups in total. The third-order valence-electron chi connectivity index (χ3n) is 10.8. The number of carbonyl (C=O) groups excluding carboxylic acids is 2. The molecule has 340 valence electrons. The van der Waals surface area contributed by atoms with Gasteiger partial charge in [0, 0.05) is 0 Å². The highest BCUT2D eigenvalue weighted by Gasteiger charge is 2.14. The Morgan fingerprint density at radius 2 is 0.698 bits per heavy atom. The molecule has 0 aromatic heterocycles. The fourth-order valence-electron chi connectivity index (χ4n) is 6.81. The molecule has 0 aliphatic rings. The van der Waals surface area contributed by atoms with Crippen molar-refractivity contribution in [3.63, 3.8) is 0 Å².